The molecule has 36 heavy (non-hydrogen) atoms. The molecule has 8 saturated carbocycles. The minimum Gasteiger partial charge on any atom is -0.0714 e. The lowest BCUT2D eigenvalue weighted by Crippen LogP contribution is -2.50. The van der Waals surface area contributed by atoms with Crippen LogP contribution in [0, 0.1) is 35.5 Å². The van der Waals surface area contributed by atoms with Crippen molar-refractivity contribution in [2.45, 2.75) is 87.4 Å². The maximum absolute atomic E-state index is 2.69. The Morgan fingerprint density at radius 1 is 0.472 bits per heavy atom. The fraction of sp³-hybridized carbons (Fsp3) is 0.647. The van der Waals surface area contributed by atoms with Gasteiger partial charge in [0.2, 0.25) is 0 Å². The molecule has 2 atom stereocenters. The molecule has 8 bridgehead atoms. The van der Waals surface area contributed by atoms with E-state index in [0.717, 1.165) is 35.5 Å². The van der Waals surface area contributed by atoms with Gasteiger partial charge < -0.3 is 0 Å². The highest BCUT2D eigenvalue weighted by molar-refractivity contribution is 7.67. The summed E-state index contributed by atoms with van der Waals surface area (Å²) < 4.78 is 0. The van der Waals surface area contributed by atoms with Gasteiger partial charge in [0, 0.05) is 0 Å². The molecule has 0 radical (unpaired) electrons. The number of hydrogen-bond acceptors (Lipinski definition) is 0. The van der Waals surface area contributed by atoms with Crippen LogP contribution in [0.25, 0.3) is 11.1 Å². The molecule has 2 heteroatoms. The van der Waals surface area contributed by atoms with E-state index < -0.39 is 0 Å². The Hall–Kier alpha value is -0.700. The second kappa shape index (κ2) is 8.40. The Kier molecular flexibility index (Phi) is 5.41. The molecule has 2 aromatic carbocycles. The average Bonchev–Trinajstić information content (AvgIpc) is 2.86. The first-order valence-corrected chi connectivity index (χ1v) is 18.7. The second-order valence-electron chi connectivity index (χ2n) is 14.4. The fourth-order valence-electron chi connectivity index (χ4n) is 11.5. The van der Waals surface area contributed by atoms with E-state index in [9.17, 15) is 0 Å². The largest absolute Gasteiger partial charge is 0.0714 e. The summed E-state index contributed by atoms with van der Waals surface area (Å²) in [7, 11) is -0.291. The van der Waals surface area contributed by atoms with E-state index in [1.165, 1.54) is 38.5 Å². The third-order valence-corrected chi connectivity index (χ3v) is 18.4. The van der Waals surface area contributed by atoms with E-state index in [0.29, 0.717) is 10.3 Å². The van der Waals surface area contributed by atoms with E-state index >= 15 is 0 Å². The van der Waals surface area contributed by atoms with Crippen LogP contribution in [-0.4, -0.2) is 23.6 Å². The van der Waals surface area contributed by atoms with Crippen LogP contribution in [0.1, 0.15) is 77.0 Å². The van der Waals surface area contributed by atoms with Crippen molar-refractivity contribution < 1.29 is 0 Å². The van der Waals surface area contributed by atoms with Crippen molar-refractivity contribution in [3.05, 3.63) is 48.5 Å². The van der Waals surface area contributed by atoms with E-state index in [2.05, 4.69) is 61.9 Å². The first kappa shape index (κ1) is 23.2. The van der Waals surface area contributed by atoms with Crippen LogP contribution >= 0.6 is 15.8 Å². The summed E-state index contributed by atoms with van der Waals surface area (Å²) in [5, 5.41) is 4.73. The molecule has 2 aromatic rings. The molecule has 10 rings (SSSR count). The van der Waals surface area contributed by atoms with Crippen molar-refractivity contribution in [3.8, 4) is 11.1 Å². The molecule has 8 aliphatic carbocycles. The standard InChI is InChI=1S/C34H44P2/c1-35(33-17-23-11-24(18-33)13-25(12-23)19-33)31-9-5-3-7-29(31)30-8-4-6-10-32(30)36(2)34-20-26-14-27(21-34)16-28(15-26)22-34/h3-10,23-28H,11-22H2,1-2H3/t23?,24?,25?,26?,27?,28?,33?,34?,35-,36-/m0/s1. The van der Waals surface area contributed by atoms with Gasteiger partial charge in [0.15, 0.2) is 0 Å². The second-order valence-corrected chi connectivity index (χ2v) is 19.5. The van der Waals surface area contributed by atoms with Crippen LogP contribution in [0.2, 0.25) is 0 Å². The van der Waals surface area contributed by atoms with Crippen LogP contribution in [-0.2, 0) is 0 Å². The summed E-state index contributed by atoms with van der Waals surface area (Å²) in [6.45, 7) is 5.38. The molecular weight excluding hydrogens is 470 g/mol. The first-order valence-electron chi connectivity index (χ1n) is 15.2. The first-order chi connectivity index (χ1) is 17.5. The molecule has 0 N–H and O–H groups in total. The third kappa shape index (κ3) is 3.52. The zero-order chi connectivity index (χ0) is 24.1. The topological polar surface area (TPSA) is 0 Å². The van der Waals surface area contributed by atoms with Crippen LogP contribution in [0.3, 0.4) is 0 Å². The maximum atomic E-state index is 2.69. The highest BCUT2D eigenvalue weighted by Gasteiger charge is 2.55. The molecule has 8 fully saturated rings. The van der Waals surface area contributed by atoms with E-state index in [1.807, 2.05) is 0 Å². The predicted octanol–water partition coefficient (Wildman–Crippen LogP) is 8.77. The zero-order valence-electron chi connectivity index (χ0n) is 22.5. The molecule has 0 amide bonds. The molecule has 0 heterocycles. The minimum absolute atomic E-state index is 0.146. The molecule has 0 aromatic heterocycles. The molecule has 190 valence electrons. The van der Waals surface area contributed by atoms with Crippen molar-refractivity contribution in [1.29, 1.82) is 0 Å². The normalized spacial score (nSPS) is 43.6. The quantitative estimate of drug-likeness (QED) is 0.350. The maximum Gasteiger partial charge on any atom is -0.00487 e. The fourth-order valence-corrected chi connectivity index (χ4v) is 17.4. The van der Waals surface area contributed by atoms with Crippen LogP contribution < -0.4 is 10.6 Å². The van der Waals surface area contributed by atoms with Crippen LogP contribution in [0.4, 0.5) is 0 Å². The van der Waals surface area contributed by atoms with Crippen LogP contribution in [0.5, 0.6) is 0 Å². The van der Waals surface area contributed by atoms with Gasteiger partial charge in [-0.2, -0.15) is 0 Å². The van der Waals surface area contributed by atoms with Gasteiger partial charge in [0.05, 0.1) is 0 Å². The van der Waals surface area contributed by atoms with E-state index in [1.54, 1.807) is 60.3 Å². The summed E-state index contributed by atoms with van der Waals surface area (Å²) in [5.74, 6) is 6.25. The summed E-state index contributed by atoms with van der Waals surface area (Å²) in [6, 6.07) is 19.5. The van der Waals surface area contributed by atoms with Gasteiger partial charge in [-0.05, 0) is 158 Å². The molecule has 0 saturated heterocycles. The lowest BCUT2D eigenvalue weighted by Gasteiger charge is -2.59. The highest BCUT2D eigenvalue weighted by Crippen LogP contribution is 2.69. The Bertz CT molecular complexity index is 1000. The molecule has 0 unspecified atom stereocenters. The van der Waals surface area contributed by atoms with Gasteiger partial charge in [0.1, 0.15) is 0 Å². The summed E-state index contributed by atoms with van der Waals surface area (Å²) in [6.07, 6.45) is 18.5. The Labute approximate surface area is 221 Å². The molecule has 0 nitrogen and oxygen atoms in total. The molecule has 8 aliphatic rings. The van der Waals surface area contributed by atoms with Gasteiger partial charge in [-0.25, -0.2) is 0 Å². The Balaban J connectivity index is 1.18. The SMILES string of the molecule is C[P@@](c1ccccc1-c1ccccc1[P@](C)C12CC3CC(CC(C3)C1)C2)C12CC3CC(CC(C3)C1)C2. The molecule has 0 spiro atoms. The van der Waals surface area contributed by atoms with Crippen molar-refractivity contribution in [2.75, 3.05) is 13.3 Å². The van der Waals surface area contributed by atoms with E-state index in [-0.39, 0.29) is 15.8 Å². The Morgan fingerprint density at radius 2 is 0.750 bits per heavy atom. The smallest absolute Gasteiger partial charge is 0.00487 e. The number of rotatable bonds is 5. The van der Waals surface area contributed by atoms with E-state index in [4.69, 9.17) is 0 Å². The predicted molar refractivity (Wildman–Crippen MR) is 159 cm³/mol. The lowest BCUT2D eigenvalue weighted by molar-refractivity contribution is 0.0361. The van der Waals surface area contributed by atoms with Crippen molar-refractivity contribution in [3.63, 3.8) is 0 Å². The third-order valence-electron chi connectivity index (χ3n) is 12.3. The average molecular weight is 515 g/mol. The monoisotopic (exact) mass is 514 g/mol. The highest BCUT2D eigenvalue weighted by atomic mass is 31.1. The minimum atomic E-state index is -0.146. The lowest BCUT2D eigenvalue weighted by atomic mass is 9.56. The van der Waals surface area contributed by atoms with Crippen LogP contribution in [0.15, 0.2) is 48.5 Å². The van der Waals surface area contributed by atoms with Gasteiger partial charge in [-0.15, -0.1) is 0 Å². The van der Waals surface area contributed by atoms with Crippen molar-refractivity contribution in [1.82, 2.24) is 0 Å². The molecule has 0 aliphatic heterocycles. The number of benzene rings is 2. The summed E-state index contributed by atoms with van der Waals surface area (Å²) in [5.41, 5.74) is 3.22. The van der Waals surface area contributed by atoms with Crippen molar-refractivity contribution >= 4 is 26.5 Å². The molecular formula is C34H44P2. The number of hydrogen-bond donors (Lipinski definition) is 0. The zero-order valence-corrected chi connectivity index (χ0v) is 24.3. The van der Waals surface area contributed by atoms with Crippen molar-refractivity contribution in [2.24, 2.45) is 35.5 Å². The summed E-state index contributed by atoms with van der Waals surface area (Å²) in [4.78, 5) is 0. The summed E-state index contributed by atoms with van der Waals surface area (Å²) >= 11 is 0. The van der Waals surface area contributed by atoms with Gasteiger partial charge in [-0.3, -0.25) is 0 Å². The Morgan fingerprint density at radius 3 is 1.06 bits per heavy atom. The van der Waals surface area contributed by atoms with Gasteiger partial charge in [0.25, 0.3) is 0 Å². The van der Waals surface area contributed by atoms with Gasteiger partial charge >= 0.3 is 0 Å². The van der Waals surface area contributed by atoms with Gasteiger partial charge in [-0.1, -0.05) is 64.4 Å².